The smallest absolute Gasteiger partial charge is 0.388 e. The quantitative estimate of drug-likeness (QED) is 0.151. The summed E-state index contributed by atoms with van der Waals surface area (Å²) in [5, 5.41) is 0. The zero-order chi connectivity index (χ0) is 25.6. The molecule has 0 fully saturated rings. The molecule has 0 heterocycles. The van der Waals surface area contributed by atoms with Crippen LogP contribution in [0.3, 0.4) is 0 Å². The molecule has 3 aromatic carbocycles. The first-order chi connectivity index (χ1) is 16.5. The van der Waals surface area contributed by atoms with E-state index in [0.29, 0.717) is 18.4 Å². The Morgan fingerprint density at radius 1 is 0.714 bits per heavy atom. The minimum Gasteiger partial charge on any atom is -0.490 e. The van der Waals surface area contributed by atoms with Gasteiger partial charge in [0.25, 0.3) is 0 Å². The minimum absolute atomic E-state index is 0.155. The lowest BCUT2D eigenvalue weighted by atomic mass is 9.99. The van der Waals surface area contributed by atoms with Gasteiger partial charge in [-0.1, -0.05) is 79.7 Å². The molecule has 0 unspecified atom stereocenters. The third kappa shape index (κ3) is 7.92. The van der Waals surface area contributed by atoms with Crippen molar-refractivity contribution in [2.24, 2.45) is 0 Å². The van der Waals surface area contributed by atoms with Crippen molar-refractivity contribution in [2.75, 3.05) is 6.61 Å². The maximum absolute atomic E-state index is 14.8. The number of unbranched alkanes of at least 4 members (excludes halogenated alkanes) is 1. The Labute approximate surface area is 205 Å². The molecule has 0 aliphatic carbocycles. The molecule has 0 amide bonds. The molecule has 35 heavy (non-hydrogen) atoms. The van der Waals surface area contributed by atoms with Crippen LogP contribution in [0, 0.1) is 18.6 Å². The van der Waals surface area contributed by atoms with Crippen LogP contribution in [0.1, 0.15) is 24.8 Å². The van der Waals surface area contributed by atoms with Crippen molar-refractivity contribution in [3.63, 3.8) is 0 Å². The number of rotatable bonds is 10. The highest BCUT2D eigenvalue weighted by Crippen LogP contribution is 2.32. The van der Waals surface area contributed by atoms with E-state index in [1.807, 2.05) is 56.4 Å². The largest absolute Gasteiger partial charge is 0.490 e. The molecule has 1 nitrogen and oxygen atoms in total. The normalized spacial score (nSPS) is 12.1. The summed E-state index contributed by atoms with van der Waals surface area (Å²) in [6.45, 7) is 6.09. The Morgan fingerprint density at radius 2 is 1.29 bits per heavy atom. The fourth-order valence-corrected chi connectivity index (χ4v) is 6.36. The molecule has 0 saturated carbocycles. The van der Waals surface area contributed by atoms with Gasteiger partial charge in [0.2, 0.25) is 5.82 Å². The fourth-order valence-electron chi connectivity index (χ4n) is 3.95. The lowest BCUT2D eigenvalue weighted by molar-refractivity contribution is -0.130. The van der Waals surface area contributed by atoms with Crippen molar-refractivity contribution in [3.05, 3.63) is 77.9 Å². The number of hydrogen-bond acceptors (Lipinski definition) is 1. The zero-order valence-corrected chi connectivity index (χ0v) is 21.3. The van der Waals surface area contributed by atoms with Gasteiger partial charge >= 0.3 is 6.18 Å². The topological polar surface area (TPSA) is 9.23 Å². The Hall–Kier alpha value is -2.67. The molecule has 0 radical (unpaired) electrons. The van der Waals surface area contributed by atoms with E-state index >= 15 is 0 Å². The standard InChI is InChI=1S/C28H31F5OSi/c1-20-6-8-21(9-7-20)22-10-12-23(13-11-22)24-14-15-25(27(30)26(24)29)34-17-4-5-18-35(2,3)19-16-28(31,32)33/h6-15H,4-5,16-19H2,1-3H3. The van der Waals surface area contributed by atoms with Gasteiger partial charge in [-0.2, -0.15) is 17.6 Å². The Balaban J connectivity index is 1.55. The molecule has 0 aromatic heterocycles. The van der Waals surface area contributed by atoms with Crippen LogP contribution in [-0.4, -0.2) is 20.9 Å². The van der Waals surface area contributed by atoms with Gasteiger partial charge in [-0.15, -0.1) is 0 Å². The molecular weight excluding hydrogens is 475 g/mol. The summed E-state index contributed by atoms with van der Waals surface area (Å²) in [4.78, 5) is 0. The van der Waals surface area contributed by atoms with Crippen LogP contribution in [0.5, 0.6) is 5.75 Å². The van der Waals surface area contributed by atoms with Gasteiger partial charge in [0.1, 0.15) is 0 Å². The molecule has 7 heteroatoms. The van der Waals surface area contributed by atoms with E-state index in [1.165, 1.54) is 12.1 Å². The molecule has 0 N–H and O–H groups in total. The van der Waals surface area contributed by atoms with Gasteiger partial charge in [0, 0.05) is 20.1 Å². The monoisotopic (exact) mass is 506 g/mol. The van der Waals surface area contributed by atoms with E-state index in [2.05, 4.69) is 0 Å². The van der Waals surface area contributed by atoms with Crippen LogP contribution >= 0.6 is 0 Å². The fraction of sp³-hybridized carbons (Fsp3) is 0.357. The summed E-state index contributed by atoms with van der Waals surface area (Å²) in [6, 6.07) is 19.2. The maximum Gasteiger partial charge on any atom is 0.388 e. The number of hydrogen-bond donors (Lipinski definition) is 0. The van der Waals surface area contributed by atoms with E-state index in [4.69, 9.17) is 4.74 Å². The number of alkyl halides is 3. The highest BCUT2D eigenvalue weighted by atomic mass is 28.3. The van der Waals surface area contributed by atoms with Crippen molar-refractivity contribution in [1.29, 1.82) is 0 Å². The Bertz CT molecular complexity index is 1110. The lowest BCUT2D eigenvalue weighted by Crippen LogP contribution is -2.27. The summed E-state index contributed by atoms with van der Waals surface area (Å²) in [6.07, 6.45) is -3.59. The van der Waals surface area contributed by atoms with Crippen molar-refractivity contribution in [1.82, 2.24) is 0 Å². The van der Waals surface area contributed by atoms with Gasteiger partial charge < -0.3 is 4.74 Å². The van der Waals surface area contributed by atoms with E-state index in [1.54, 1.807) is 12.1 Å². The number of halogens is 5. The number of aryl methyl sites for hydroxylation is 1. The SMILES string of the molecule is Cc1ccc(-c2ccc(-c3ccc(OCCCC[Si](C)(C)CCC(F)(F)F)c(F)c3F)cc2)cc1. The van der Waals surface area contributed by atoms with Gasteiger partial charge in [-0.25, -0.2) is 4.39 Å². The predicted octanol–water partition coefficient (Wildman–Crippen LogP) is 9.43. The van der Waals surface area contributed by atoms with E-state index in [9.17, 15) is 22.0 Å². The zero-order valence-electron chi connectivity index (χ0n) is 20.3. The first-order valence-electron chi connectivity index (χ1n) is 11.8. The first-order valence-corrected chi connectivity index (χ1v) is 15.2. The number of benzene rings is 3. The van der Waals surface area contributed by atoms with Crippen molar-refractivity contribution >= 4 is 8.07 Å². The predicted molar refractivity (Wildman–Crippen MR) is 134 cm³/mol. The van der Waals surface area contributed by atoms with Crippen molar-refractivity contribution < 1.29 is 26.7 Å². The Morgan fingerprint density at radius 3 is 1.89 bits per heavy atom. The third-order valence-corrected chi connectivity index (χ3v) is 9.53. The summed E-state index contributed by atoms with van der Waals surface area (Å²) < 4.78 is 72.3. The van der Waals surface area contributed by atoms with Crippen LogP contribution in [0.15, 0.2) is 60.7 Å². The molecule has 0 spiro atoms. The molecule has 188 valence electrons. The highest BCUT2D eigenvalue weighted by molar-refractivity contribution is 6.77. The van der Waals surface area contributed by atoms with Crippen LogP contribution < -0.4 is 4.74 Å². The second kappa shape index (κ2) is 11.4. The third-order valence-electron chi connectivity index (χ3n) is 6.22. The minimum atomic E-state index is -4.12. The molecule has 0 atom stereocenters. The first kappa shape index (κ1) is 26.9. The van der Waals surface area contributed by atoms with Crippen LogP contribution in [0.2, 0.25) is 25.2 Å². The summed E-state index contributed by atoms with van der Waals surface area (Å²) in [7, 11) is -1.95. The second-order valence-electron chi connectivity index (χ2n) is 9.77. The molecular formula is C28H31F5OSi. The van der Waals surface area contributed by atoms with E-state index in [-0.39, 0.29) is 24.0 Å². The summed E-state index contributed by atoms with van der Waals surface area (Å²) >= 11 is 0. The second-order valence-corrected chi connectivity index (χ2v) is 15.1. The van der Waals surface area contributed by atoms with E-state index < -0.39 is 32.3 Å². The van der Waals surface area contributed by atoms with E-state index in [0.717, 1.165) is 22.7 Å². The lowest BCUT2D eigenvalue weighted by Gasteiger charge is -2.23. The van der Waals surface area contributed by atoms with Crippen LogP contribution in [0.25, 0.3) is 22.3 Å². The van der Waals surface area contributed by atoms with Crippen LogP contribution in [0.4, 0.5) is 22.0 Å². The van der Waals surface area contributed by atoms with Gasteiger partial charge in [-0.05, 0) is 48.2 Å². The number of ether oxygens (including phenoxy) is 1. The summed E-state index contributed by atoms with van der Waals surface area (Å²) in [5.74, 6) is -2.16. The van der Waals surface area contributed by atoms with Crippen LogP contribution in [-0.2, 0) is 0 Å². The Kier molecular flexibility index (Phi) is 8.75. The summed E-state index contributed by atoms with van der Waals surface area (Å²) in [5.41, 5.74) is 3.91. The van der Waals surface area contributed by atoms with Gasteiger partial charge in [-0.3, -0.25) is 0 Å². The van der Waals surface area contributed by atoms with Gasteiger partial charge in [0.15, 0.2) is 11.6 Å². The molecule has 0 aliphatic rings. The molecule has 0 bridgehead atoms. The average Bonchev–Trinajstić information content (AvgIpc) is 2.81. The van der Waals surface area contributed by atoms with Crippen molar-refractivity contribution in [3.8, 4) is 28.0 Å². The van der Waals surface area contributed by atoms with Gasteiger partial charge in [0.05, 0.1) is 6.61 Å². The highest BCUT2D eigenvalue weighted by Gasteiger charge is 2.31. The molecule has 0 aliphatic heterocycles. The average molecular weight is 507 g/mol. The molecule has 3 aromatic rings. The maximum atomic E-state index is 14.8. The molecule has 0 saturated heterocycles. The molecule has 3 rings (SSSR count). The van der Waals surface area contributed by atoms with Crippen molar-refractivity contribution in [2.45, 2.75) is 57.5 Å².